The summed E-state index contributed by atoms with van der Waals surface area (Å²) < 4.78 is 37.8. The normalized spacial score (nSPS) is 61.8. The summed E-state index contributed by atoms with van der Waals surface area (Å²) in [4.78, 5) is 40.5. The molecule has 5 aliphatic carbocycles. The molecule has 254 valence electrons. The third kappa shape index (κ3) is 3.14. The standard InChI is InChI=1S/C36H50O10/c1-13-15(3)32(7)23-14(2)30-36(46-30)34(9,35(10,40)16(4)45-36)25(23)29(42-17(5)37)24(32)21-22(13)33(8)19(26(39)28(21)41-11)12-20-27(44-20)31(33)43-18(6)38/h13-15,19-25,27-31,40H,4,12H2,1-3,5-11H3/t13?,14-,15-,19+,20-,21?,22?,23-,24+,25-,27-,28?,29+,30+,31-,32+,33-,34-,35+,36+/m0/s1. The van der Waals surface area contributed by atoms with Crippen molar-refractivity contribution in [3.05, 3.63) is 12.3 Å². The molecule has 20 atom stereocenters. The van der Waals surface area contributed by atoms with Crippen LogP contribution in [0, 0.1) is 69.5 Å². The summed E-state index contributed by atoms with van der Waals surface area (Å²) in [6.07, 6.45) is -2.05. The molecule has 10 nitrogen and oxygen atoms in total. The van der Waals surface area contributed by atoms with Crippen LogP contribution in [-0.2, 0) is 42.8 Å². The lowest BCUT2D eigenvalue weighted by Gasteiger charge is -2.66. The minimum Gasteiger partial charge on any atom is -0.462 e. The number of carbonyl (C=O) groups is 3. The summed E-state index contributed by atoms with van der Waals surface area (Å²) in [5.74, 6) is -3.02. The van der Waals surface area contributed by atoms with Gasteiger partial charge in [0.1, 0.15) is 41.9 Å². The van der Waals surface area contributed by atoms with E-state index < -0.39 is 57.8 Å². The largest absolute Gasteiger partial charge is 0.462 e. The van der Waals surface area contributed by atoms with E-state index in [4.69, 9.17) is 28.4 Å². The Hall–Kier alpha value is -2.01. The molecule has 46 heavy (non-hydrogen) atoms. The number of carbonyl (C=O) groups excluding carboxylic acids is 3. The molecule has 1 N–H and O–H groups in total. The average molecular weight is 643 g/mol. The molecule has 8 fully saturated rings. The van der Waals surface area contributed by atoms with E-state index in [1.165, 1.54) is 13.8 Å². The number of epoxide rings is 2. The van der Waals surface area contributed by atoms with Crippen molar-refractivity contribution in [3.63, 3.8) is 0 Å². The Morgan fingerprint density at radius 2 is 1.59 bits per heavy atom. The molecule has 0 bridgehead atoms. The Bertz CT molecular complexity index is 1440. The number of aliphatic hydroxyl groups is 1. The fraction of sp³-hybridized carbons (Fsp3) is 0.861. The van der Waals surface area contributed by atoms with Crippen molar-refractivity contribution in [2.75, 3.05) is 7.11 Å². The summed E-state index contributed by atoms with van der Waals surface area (Å²) in [5, 5.41) is 12.3. The topological polar surface area (TPSA) is 133 Å². The van der Waals surface area contributed by atoms with Gasteiger partial charge in [-0.25, -0.2) is 0 Å². The molecular formula is C36H50O10. The highest BCUT2D eigenvalue weighted by atomic mass is 16.8. The van der Waals surface area contributed by atoms with E-state index in [1.54, 1.807) is 14.0 Å². The number of fused-ring (bicyclic) bond motifs is 9. The zero-order chi connectivity index (χ0) is 33.4. The Labute approximate surface area is 271 Å². The number of rotatable bonds is 3. The highest BCUT2D eigenvalue weighted by Crippen LogP contribution is 2.82. The first-order chi connectivity index (χ1) is 21.4. The second-order valence-electron chi connectivity index (χ2n) is 17.0. The maximum Gasteiger partial charge on any atom is 0.303 e. The van der Waals surface area contributed by atoms with E-state index in [0.717, 1.165) is 0 Å². The smallest absolute Gasteiger partial charge is 0.303 e. The Balaban J connectivity index is 1.36. The number of ketones is 1. The van der Waals surface area contributed by atoms with E-state index in [1.807, 2.05) is 6.92 Å². The van der Waals surface area contributed by atoms with Crippen LogP contribution < -0.4 is 0 Å². The fourth-order valence-electron chi connectivity index (χ4n) is 13.8. The van der Waals surface area contributed by atoms with E-state index in [0.29, 0.717) is 6.42 Å². The van der Waals surface area contributed by atoms with Gasteiger partial charge in [0.25, 0.3) is 0 Å². The molecule has 0 radical (unpaired) electrons. The molecular weight excluding hydrogens is 592 g/mol. The molecule has 3 heterocycles. The van der Waals surface area contributed by atoms with E-state index >= 15 is 0 Å². The highest BCUT2D eigenvalue weighted by Gasteiger charge is 2.91. The lowest BCUT2D eigenvalue weighted by Crippen LogP contribution is -2.71. The first-order valence-corrected chi connectivity index (χ1v) is 17.2. The van der Waals surface area contributed by atoms with Crippen molar-refractivity contribution in [1.82, 2.24) is 0 Å². The van der Waals surface area contributed by atoms with Gasteiger partial charge >= 0.3 is 11.9 Å². The number of ether oxygens (including phenoxy) is 6. The average Bonchev–Trinajstić information content (AvgIpc) is 3.86. The van der Waals surface area contributed by atoms with Crippen LogP contribution in [0.5, 0.6) is 0 Å². The predicted octanol–water partition coefficient (Wildman–Crippen LogP) is 3.67. The number of methoxy groups -OCH3 is 1. The van der Waals surface area contributed by atoms with Gasteiger partial charge in [-0.15, -0.1) is 0 Å². The van der Waals surface area contributed by atoms with Gasteiger partial charge in [0.2, 0.25) is 5.79 Å². The summed E-state index contributed by atoms with van der Waals surface area (Å²) >= 11 is 0. The molecule has 0 aromatic rings. The van der Waals surface area contributed by atoms with E-state index in [2.05, 4.69) is 41.2 Å². The molecule has 3 aliphatic heterocycles. The van der Waals surface area contributed by atoms with Gasteiger partial charge in [0.05, 0.1) is 11.5 Å². The fourth-order valence-corrected chi connectivity index (χ4v) is 13.8. The summed E-state index contributed by atoms with van der Waals surface area (Å²) in [5.41, 5.74) is -3.63. The zero-order valence-corrected chi connectivity index (χ0v) is 28.7. The van der Waals surface area contributed by atoms with Crippen LogP contribution in [0.3, 0.4) is 0 Å². The van der Waals surface area contributed by atoms with E-state index in [9.17, 15) is 19.5 Å². The molecule has 8 aliphatic rings. The molecule has 0 aromatic heterocycles. The second kappa shape index (κ2) is 8.96. The molecule has 1 spiro atoms. The molecule has 8 rings (SSSR count). The minimum atomic E-state index is -1.47. The number of esters is 2. The van der Waals surface area contributed by atoms with Crippen LogP contribution in [0.2, 0.25) is 0 Å². The molecule has 0 aromatic carbocycles. The van der Waals surface area contributed by atoms with Gasteiger partial charge in [-0.1, -0.05) is 41.2 Å². The third-order valence-corrected chi connectivity index (χ3v) is 15.9. The Morgan fingerprint density at radius 3 is 2.20 bits per heavy atom. The first kappa shape index (κ1) is 31.3. The molecule has 4 unspecified atom stereocenters. The SMILES string of the molecule is C=C1O[C@@]23O[C@@H]2[C@@H](C)[C@H]2[C@@H]([C@H](OC(C)=O)[C@H]4C5C(OC)C(=O)[C@H]6C[C@@H]7O[C@@H]7[C@H](OC(C)=O)[C@]6(C)C5C(C)[C@H](C)[C@]24C)[C@@]3(C)[C@]1(C)O. The van der Waals surface area contributed by atoms with Crippen LogP contribution in [0.25, 0.3) is 0 Å². The van der Waals surface area contributed by atoms with Gasteiger partial charge in [0, 0.05) is 50.0 Å². The minimum absolute atomic E-state index is 0.00406. The van der Waals surface area contributed by atoms with Crippen LogP contribution in [0.4, 0.5) is 0 Å². The molecule has 10 heteroatoms. The van der Waals surface area contributed by atoms with Gasteiger partial charge in [-0.3, -0.25) is 14.4 Å². The van der Waals surface area contributed by atoms with Crippen molar-refractivity contribution in [1.29, 1.82) is 0 Å². The molecule has 3 saturated heterocycles. The highest BCUT2D eigenvalue weighted by molar-refractivity contribution is 5.88. The lowest BCUT2D eigenvalue weighted by atomic mass is 9.38. The zero-order valence-electron chi connectivity index (χ0n) is 28.7. The lowest BCUT2D eigenvalue weighted by molar-refractivity contribution is -0.238. The molecule has 5 saturated carbocycles. The second-order valence-corrected chi connectivity index (χ2v) is 17.0. The first-order valence-electron chi connectivity index (χ1n) is 17.2. The van der Waals surface area contributed by atoms with Crippen LogP contribution in [0.1, 0.15) is 68.7 Å². The predicted molar refractivity (Wildman–Crippen MR) is 161 cm³/mol. The van der Waals surface area contributed by atoms with Gasteiger partial charge in [-0.2, -0.15) is 0 Å². The maximum absolute atomic E-state index is 14.8. The van der Waals surface area contributed by atoms with Crippen molar-refractivity contribution in [2.24, 2.45) is 69.5 Å². The van der Waals surface area contributed by atoms with Crippen molar-refractivity contribution in [2.45, 2.75) is 117 Å². The van der Waals surface area contributed by atoms with E-state index in [-0.39, 0.29) is 83.2 Å². The van der Waals surface area contributed by atoms with Gasteiger partial charge < -0.3 is 33.5 Å². The molecule has 0 amide bonds. The van der Waals surface area contributed by atoms with Gasteiger partial charge in [0.15, 0.2) is 5.78 Å². The maximum atomic E-state index is 14.8. The number of Topliss-reactive ketones (excluding diaryl/α,β-unsaturated/α-hetero) is 1. The van der Waals surface area contributed by atoms with Crippen molar-refractivity contribution >= 4 is 17.7 Å². The summed E-state index contributed by atoms with van der Waals surface area (Å²) in [6.45, 7) is 21.9. The van der Waals surface area contributed by atoms with Crippen LogP contribution >= 0.6 is 0 Å². The Morgan fingerprint density at radius 1 is 0.935 bits per heavy atom. The summed E-state index contributed by atoms with van der Waals surface area (Å²) in [7, 11) is 1.61. The quantitative estimate of drug-likeness (QED) is 0.359. The van der Waals surface area contributed by atoms with Crippen molar-refractivity contribution in [3.8, 4) is 0 Å². The van der Waals surface area contributed by atoms with Gasteiger partial charge in [-0.05, 0) is 55.3 Å². The summed E-state index contributed by atoms with van der Waals surface area (Å²) in [6, 6.07) is 0. The van der Waals surface area contributed by atoms with Crippen LogP contribution in [0.15, 0.2) is 12.3 Å². The van der Waals surface area contributed by atoms with Crippen molar-refractivity contribution < 1.29 is 47.9 Å². The number of hydrogen-bond acceptors (Lipinski definition) is 10. The number of hydrogen-bond donors (Lipinski definition) is 1. The van der Waals surface area contributed by atoms with Crippen LogP contribution in [-0.4, -0.2) is 78.0 Å². The monoisotopic (exact) mass is 642 g/mol. The Kier molecular flexibility index (Phi) is 6.09. The third-order valence-electron chi connectivity index (χ3n) is 15.9.